The monoisotopic (exact) mass is 253 g/mol. The van der Waals surface area contributed by atoms with E-state index in [0.717, 1.165) is 12.6 Å². The first-order valence-corrected chi connectivity index (χ1v) is 8.01. The number of hydrogen-bond acceptors (Lipinski definition) is 3. The van der Waals surface area contributed by atoms with Gasteiger partial charge in [0.15, 0.2) is 0 Å². The Hall–Kier alpha value is -0.120. The lowest BCUT2D eigenvalue weighted by Crippen LogP contribution is -2.52. The molecule has 0 amide bonds. The second kappa shape index (κ2) is 7.46. The fraction of sp³-hybridized carbons (Fsp3) is 1.00. The molecule has 1 atom stereocenters. The molecule has 1 saturated heterocycles. The Balaban J connectivity index is 1.63. The molecule has 1 saturated carbocycles. The molecule has 2 N–H and O–H groups in total. The summed E-state index contributed by atoms with van der Waals surface area (Å²) in [6, 6.07) is 1.30. The van der Waals surface area contributed by atoms with Crippen molar-refractivity contribution in [2.24, 2.45) is 5.73 Å². The largest absolute Gasteiger partial charge is 0.327 e. The molecule has 3 heteroatoms. The van der Waals surface area contributed by atoms with Gasteiger partial charge in [-0.15, -0.1) is 0 Å². The summed E-state index contributed by atoms with van der Waals surface area (Å²) in [6.45, 7) is 8.36. The molecule has 0 aromatic carbocycles. The molecule has 1 unspecified atom stereocenters. The molecule has 18 heavy (non-hydrogen) atoms. The third-order valence-electron chi connectivity index (χ3n) is 4.67. The molecule has 1 aliphatic carbocycles. The summed E-state index contributed by atoms with van der Waals surface area (Å²) in [5.74, 6) is 0. The molecule has 0 radical (unpaired) electrons. The summed E-state index contributed by atoms with van der Waals surface area (Å²) in [7, 11) is 0. The van der Waals surface area contributed by atoms with Gasteiger partial charge in [0.2, 0.25) is 0 Å². The van der Waals surface area contributed by atoms with Crippen molar-refractivity contribution in [1.82, 2.24) is 9.80 Å². The van der Waals surface area contributed by atoms with E-state index >= 15 is 0 Å². The van der Waals surface area contributed by atoms with Crippen LogP contribution in [0.5, 0.6) is 0 Å². The van der Waals surface area contributed by atoms with Crippen molar-refractivity contribution in [2.75, 3.05) is 32.7 Å². The highest BCUT2D eigenvalue weighted by Gasteiger charge is 2.26. The van der Waals surface area contributed by atoms with Gasteiger partial charge in [0, 0.05) is 44.8 Å². The number of nitrogens with two attached hydrogens (primary N) is 1. The molecule has 0 spiro atoms. The fourth-order valence-corrected chi connectivity index (χ4v) is 3.47. The maximum atomic E-state index is 6.19. The van der Waals surface area contributed by atoms with E-state index in [1.54, 1.807) is 0 Å². The molecule has 3 nitrogen and oxygen atoms in total. The predicted octanol–water partition coefficient (Wildman–Crippen LogP) is 2.06. The van der Waals surface area contributed by atoms with Crippen molar-refractivity contribution in [3.05, 3.63) is 0 Å². The number of nitrogens with zero attached hydrogens (tertiary/aromatic N) is 2. The minimum Gasteiger partial charge on any atom is -0.327 e. The maximum absolute atomic E-state index is 6.19. The Morgan fingerprint density at radius 3 is 2.39 bits per heavy atom. The van der Waals surface area contributed by atoms with E-state index in [2.05, 4.69) is 16.7 Å². The van der Waals surface area contributed by atoms with E-state index in [-0.39, 0.29) is 0 Å². The lowest BCUT2D eigenvalue weighted by atomic mass is 10.1. The van der Waals surface area contributed by atoms with Crippen LogP contribution in [0.15, 0.2) is 0 Å². The van der Waals surface area contributed by atoms with E-state index in [1.807, 2.05) is 0 Å². The van der Waals surface area contributed by atoms with Gasteiger partial charge in [-0.3, -0.25) is 9.80 Å². The molecule has 1 aliphatic heterocycles. The molecule has 106 valence electrons. The zero-order valence-corrected chi connectivity index (χ0v) is 12.1. The normalized spacial score (nSPS) is 25.7. The molecular weight excluding hydrogens is 222 g/mol. The summed E-state index contributed by atoms with van der Waals surface area (Å²) >= 11 is 0. The smallest absolute Gasteiger partial charge is 0.0167 e. The van der Waals surface area contributed by atoms with Crippen LogP contribution >= 0.6 is 0 Å². The van der Waals surface area contributed by atoms with Gasteiger partial charge < -0.3 is 5.73 Å². The highest BCUT2D eigenvalue weighted by Crippen LogP contribution is 2.24. The van der Waals surface area contributed by atoms with Crippen molar-refractivity contribution < 1.29 is 0 Å². The summed E-state index contributed by atoms with van der Waals surface area (Å²) in [5.41, 5.74) is 6.19. The first-order valence-electron chi connectivity index (χ1n) is 8.01. The highest BCUT2D eigenvalue weighted by atomic mass is 15.3. The van der Waals surface area contributed by atoms with Crippen molar-refractivity contribution in [2.45, 2.75) is 64.0 Å². The summed E-state index contributed by atoms with van der Waals surface area (Å²) in [5, 5.41) is 0. The highest BCUT2D eigenvalue weighted by molar-refractivity contribution is 4.83. The van der Waals surface area contributed by atoms with Gasteiger partial charge in [-0.1, -0.05) is 32.6 Å². The maximum Gasteiger partial charge on any atom is 0.0167 e. The Bertz CT molecular complexity index is 218. The quantitative estimate of drug-likeness (QED) is 0.786. The number of unbranched alkanes of at least 4 members (excludes halogenated alkanes) is 1. The van der Waals surface area contributed by atoms with Crippen molar-refractivity contribution in [1.29, 1.82) is 0 Å². The fourth-order valence-electron chi connectivity index (χ4n) is 3.47. The number of hydrogen-bond donors (Lipinski definition) is 1. The first-order chi connectivity index (χ1) is 8.79. The first kappa shape index (κ1) is 14.3. The van der Waals surface area contributed by atoms with Gasteiger partial charge in [0.25, 0.3) is 0 Å². The van der Waals surface area contributed by atoms with Gasteiger partial charge in [-0.2, -0.15) is 0 Å². The van der Waals surface area contributed by atoms with Crippen LogP contribution in [-0.2, 0) is 0 Å². The van der Waals surface area contributed by atoms with Crippen LogP contribution in [-0.4, -0.2) is 54.6 Å². The van der Waals surface area contributed by atoms with Gasteiger partial charge in [0.1, 0.15) is 0 Å². The van der Waals surface area contributed by atoms with E-state index in [9.17, 15) is 0 Å². The Morgan fingerprint density at radius 1 is 1.11 bits per heavy atom. The van der Waals surface area contributed by atoms with Crippen LogP contribution in [0.4, 0.5) is 0 Å². The lowest BCUT2D eigenvalue weighted by Gasteiger charge is -2.38. The SMILES string of the molecule is CCCCC(N)CN1CCN(C2CCCC2)CC1. The van der Waals surface area contributed by atoms with Crippen LogP contribution in [0.1, 0.15) is 51.9 Å². The third-order valence-corrected chi connectivity index (χ3v) is 4.67. The van der Waals surface area contributed by atoms with Gasteiger partial charge >= 0.3 is 0 Å². The van der Waals surface area contributed by atoms with E-state index < -0.39 is 0 Å². The van der Waals surface area contributed by atoms with E-state index in [4.69, 9.17) is 5.73 Å². The van der Waals surface area contributed by atoms with Crippen LogP contribution in [0.3, 0.4) is 0 Å². The zero-order chi connectivity index (χ0) is 12.8. The zero-order valence-electron chi connectivity index (χ0n) is 12.1. The van der Waals surface area contributed by atoms with Crippen molar-refractivity contribution >= 4 is 0 Å². The average molecular weight is 253 g/mol. The van der Waals surface area contributed by atoms with Gasteiger partial charge in [0.05, 0.1) is 0 Å². The summed E-state index contributed by atoms with van der Waals surface area (Å²) < 4.78 is 0. The minimum absolute atomic E-state index is 0.392. The number of rotatable bonds is 6. The van der Waals surface area contributed by atoms with Crippen molar-refractivity contribution in [3.63, 3.8) is 0 Å². The molecular formula is C15H31N3. The van der Waals surface area contributed by atoms with Crippen LogP contribution < -0.4 is 5.73 Å². The summed E-state index contributed by atoms with van der Waals surface area (Å²) in [4.78, 5) is 5.30. The van der Waals surface area contributed by atoms with E-state index in [0.29, 0.717) is 6.04 Å². The molecule has 0 aromatic rings. The molecule has 2 aliphatic rings. The van der Waals surface area contributed by atoms with Crippen LogP contribution in [0.25, 0.3) is 0 Å². The van der Waals surface area contributed by atoms with Crippen LogP contribution in [0, 0.1) is 0 Å². The third kappa shape index (κ3) is 4.22. The molecule has 0 bridgehead atoms. The Kier molecular flexibility index (Phi) is 5.93. The van der Waals surface area contributed by atoms with E-state index in [1.165, 1.54) is 71.1 Å². The Labute approximate surface area is 113 Å². The van der Waals surface area contributed by atoms with Crippen molar-refractivity contribution in [3.8, 4) is 0 Å². The molecule has 2 rings (SSSR count). The van der Waals surface area contributed by atoms with Gasteiger partial charge in [-0.25, -0.2) is 0 Å². The molecule has 0 aromatic heterocycles. The van der Waals surface area contributed by atoms with Gasteiger partial charge in [-0.05, 0) is 19.3 Å². The van der Waals surface area contributed by atoms with Crippen LogP contribution in [0.2, 0.25) is 0 Å². The second-order valence-corrected chi connectivity index (χ2v) is 6.18. The number of piperazine rings is 1. The lowest BCUT2D eigenvalue weighted by molar-refractivity contribution is 0.0934. The second-order valence-electron chi connectivity index (χ2n) is 6.18. The average Bonchev–Trinajstić information content (AvgIpc) is 2.91. The molecule has 2 fully saturated rings. The standard InChI is InChI=1S/C15H31N3/c1-2-3-6-14(16)13-17-9-11-18(12-10-17)15-7-4-5-8-15/h14-15H,2-13,16H2,1H3. The predicted molar refractivity (Wildman–Crippen MR) is 77.8 cm³/mol. The minimum atomic E-state index is 0.392. The summed E-state index contributed by atoms with van der Waals surface area (Å²) in [6.07, 6.45) is 9.53. The topological polar surface area (TPSA) is 32.5 Å². The Morgan fingerprint density at radius 2 is 1.78 bits per heavy atom. The molecule has 1 heterocycles.